The van der Waals surface area contributed by atoms with E-state index >= 15 is 0 Å². The SMILES string of the molecule is Cn1c(C(O)C=C[C@H]2[C@H](O)CC(=O)[C@@H]2CC=CCCCC(=O)O)nc2ccccc21. The normalized spacial score (nSPS) is 23.2. The van der Waals surface area contributed by atoms with Gasteiger partial charge in [-0.05, 0) is 31.4 Å². The van der Waals surface area contributed by atoms with Gasteiger partial charge in [0.05, 0.1) is 17.1 Å². The number of rotatable bonds is 9. The molecule has 1 aliphatic carbocycles. The summed E-state index contributed by atoms with van der Waals surface area (Å²) in [6.45, 7) is 0. The van der Waals surface area contributed by atoms with Crippen molar-refractivity contribution in [2.75, 3.05) is 0 Å². The highest BCUT2D eigenvalue weighted by molar-refractivity contribution is 5.84. The Morgan fingerprint density at radius 3 is 2.83 bits per heavy atom. The number of hydrogen-bond donors (Lipinski definition) is 3. The number of carbonyl (C=O) groups excluding carboxylic acids is 1. The van der Waals surface area contributed by atoms with E-state index in [0.29, 0.717) is 25.1 Å². The first-order valence-electron chi connectivity index (χ1n) is 10.2. The number of carboxylic acids is 1. The molecule has 30 heavy (non-hydrogen) atoms. The van der Waals surface area contributed by atoms with Gasteiger partial charge in [0.1, 0.15) is 17.7 Å². The number of imidazole rings is 1. The lowest BCUT2D eigenvalue weighted by molar-refractivity contribution is -0.137. The predicted molar refractivity (Wildman–Crippen MR) is 113 cm³/mol. The van der Waals surface area contributed by atoms with Crippen molar-refractivity contribution in [1.29, 1.82) is 0 Å². The van der Waals surface area contributed by atoms with Crippen LogP contribution in [0.4, 0.5) is 0 Å². The van der Waals surface area contributed by atoms with Gasteiger partial charge in [0.25, 0.3) is 0 Å². The minimum absolute atomic E-state index is 0.00422. The molecule has 2 aromatic rings. The van der Waals surface area contributed by atoms with E-state index in [1.54, 1.807) is 12.2 Å². The van der Waals surface area contributed by atoms with E-state index in [-0.39, 0.29) is 30.5 Å². The van der Waals surface area contributed by atoms with Crippen LogP contribution in [0.25, 0.3) is 11.0 Å². The number of aliphatic hydroxyl groups is 2. The number of aliphatic hydroxyl groups excluding tert-OH is 2. The van der Waals surface area contributed by atoms with Gasteiger partial charge in [-0.15, -0.1) is 0 Å². The van der Waals surface area contributed by atoms with Crippen LogP contribution in [0.2, 0.25) is 0 Å². The average molecular weight is 412 g/mol. The van der Waals surface area contributed by atoms with Crippen molar-refractivity contribution in [2.45, 2.75) is 44.3 Å². The van der Waals surface area contributed by atoms with Gasteiger partial charge >= 0.3 is 5.97 Å². The lowest BCUT2D eigenvalue weighted by Gasteiger charge is -2.16. The summed E-state index contributed by atoms with van der Waals surface area (Å²) in [6.07, 6.45) is 7.28. The molecule has 7 nitrogen and oxygen atoms in total. The molecule has 0 spiro atoms. The highest BCUT2D eigenvalue weighted by Crippen LogP contribution is 2.34. The van der Waals surface area contributed by atoms with Crippen molar-refractivity contribution < 1.29 is 24.9 Å². The van der Waals surface area contributed by atoms with E-state index in [1.807, 2.05) is 48.0 Å². The molecule has 0 saturated heterocycles. The Hall–Kier alpha value is -2.77. The molecule has 160 valence electrons. The van der Waals surface area contributed by atoms with Crippen molar-refractivity contribution in [3.05, 3.63) is 54.4 Å². The molecule has 0 bridgehead atoms. The Kier molecular flexibility index (Phi) is 7.18. The fourth-order valence-corrected chi connectivity index (χ4v) is 4.01. The van der Waals surface area contributed by atoms with Crippen LogP contribution in [-0.2, 0) is 16.6 Å². The Morgan fingerprint density at radius 1 is 1.33 bits per heavy atom. The molecule has 0 aliphatic heterocycles. The topological polar surface area (TPSA) is 113 Å². The molecule has 7 heteroatoms. The lowest BCUT2D eigenvalue weighted by Crippen LogP contribution is -2.18. The second-order valence-corrected chi connectivity index (χ2v) is 7.76. The van der Waals surface area contributed by atoms with Crippen LogP contribution in [-0.4, -0.2) is 42.7 Å². The molecule has 1 aromatic carbocycles. The summed E-state index contributed by atoms with van der Waals surface area (Å²) in [6, 6.07) is 7.62. The van der Waals surface area contributed by atoms with E-state index < -0.39 is 18.2 Å². The maximum Gasteiger partial charge on any atom is 0.303 e. The molecule has 1 heterocycles. The van der Waals surface area contributed by atoms with Crippen LogP contribution in [0.1, 0.15) is 44.0 Å². The predicted octanol–water partition coefficient (Wildman–Crippen LogP) is 2.93. The van der Waals surface area contributed by atoms with Gasteiger partial charge in [0.2, 0.25) is 0 Å². The van der Waals surface area contributed by atoms with Crippen LogP contribution in [0.3, 0.4) is 0 Å². The monoisotopic (exact) mass is 412 g/mol. The second-order valence-electron chi connectivity index (χ2n) is 7.76. The number of fused-ring (bicyclic) bond motifs is 1. The summed E-state index contributed by atoms with van der Waals surface area (Å²) < 4.78 is 1.83. The highest BCUT2D eigenvalue weighted by Gasteiger charge is 2.39. The standard InChI is InChI=1S/C23H28N2O5/c1-25-18-10-7-6-9-17(18)24-23(25)19(26)13-12-16-15(20(27)14-21(16)28)8-4-2-3-5-11-22(29)30/h2,4,6-7,9-10,12-13,15-16,19,21,26,28H,3,5,8,11,14H2,1H3,(H,29,30)/t15-,16-,19?,21-/m1/s1. The number of para-hydroxylation sites is 2. The molecule has 1 aromatic heterocycles. The Balaban J connectivity index is 1.65. The van der Waals surface area contributed by atoms with Crippen molar-refractivity contribution in [2.24, 2.45) is 18.9 Å². The number of nitrogens with zero attached hydrogens (tertiary/aromatic N) is 2. The number of unbranched alkanes of at least 4 members (excludes halogenated alkanes) is 1. The largest absolute Gasteiger partial charge is 0.481 e. The Morgan fingerprint density at radius 2 is 2.10 bits per heavy atom. The molecule has 3 rings (SSSR count). The third-order valence-corrected chi connectivity index (χ3v) is 5.65. The number of carboxylic acid groups (broad SMARTS) is 1. The number of Topliss-reactive ketones (excluding diaryl/α,β-unsaturated/α-hetero) is 1. The first kappa shape index (κ1) is 21.9. The van der Waals surface area contributed by atoms with Crippen molar-refractivity contribution in [3.8, 4) is 0 Å². The maximum absolute atomic E-state index is 12.3. The van der Waals surface area contributed by atoms with E-state index in [9.17, 15) is 19.8 Å². The quantitative estimate of drug-likeness (QED) is 0.431. The third kappa shape index (κ3) is 5.04. The van der Waals surface area contributed by atoms with Crippen molar-refractivity contribution >= 4 is 22.8 Å². The number of benzene rings is 1. The smallest absolute Gasteiger partial charge is 0.303 e. The average Bonchev–Trinajstić information content (AvgIpc) is 3.18. The lowest BCUT2D eigenvalue weighted by atomic mass is 9.90. The third-order valence-electron chi connectivity index (χ3n) is 5.65. The molecule has 1 fully saturated rings. The summed E-state index contributed by atoms with van der Waals surface area (Å²) in [5.74, 6) is -1.03. The molecule has 3 N–H and O–H groups in total. The van der Waals surface area contributed by atoms with Crippen LogP contribution in [0.15, 0.2) is 48.6 Å². The number of aryl methyl sites for hydroxylation is 1. The minimum atomic E-state index is -0.947. The number of hydrogen-bond acceptors (Lipinski definition) is 5. The van der Waals surface area contributed by atoms with E-state index in [1.165, 1.54) is 0 Å². The number of ketones is 1. The van der Waals surface area contributed by atoms with Crippen LogP contribution in [0, 0.1) is 11.8 Å². The number of aromatic nitrogens is 2. The van der Waals surface area contributed by atoms with Gasteiger partial charge < -0.3 is 19.9 Å². The maximum atomic E-state index is 12.3. The van der Waals surface area contributed by atoms with Crippen molar-refractivity contribution in [1.82, 2.24) is 9.55 Å². The summed E-state index contributed by atoms with van der Waals surface area (Å²) in [5.41, 5.74) is 1.71. The van der Waals surface area contributed by atoms with E-state index in [2.05, 4.69) is 4.98 Å². The van der Waals surface area contributed by atoms with E-state index in [0.717, 1.165) is 11.0 Å². The zero-order valence-electron chi connectivity index (χ0n) is 17.0. The number of allylic oxidation sites excluding steroid dienone is 2. The van der Waals surface area contributed by atoms with Crippen molar-refractivity contribution in [3.63, 3.8) is 0 Å². The van der Waals surface area contributed by atoms with Gasteiger partial charge in [-0.3, -0.25) is 9.59 Å². The number of carbonyl (C=O) groups is 2. The summed E-state index contributed by atoms with van der Waals surface area (Å²) in [7, 11) is 1.84. The van der Waals surface area contributed by atoms with Gasteiger partial charge in [0, 0.05) is 31.7 Å². The van der Waals surface area contributed by atoms with Gasteiger partial charge in [-0.2, -0.15) is 0 Å². The highest BCUT2D eigenvalue weighted by atomic mass is 16.4. The fourth-order valence-electron chi connectivity index (χ4n) is 4.01. The van der Waals surface area contributed by atoms with Gasteiger partial charge in [-0.1, -0.05) is 36.4 Å². The summed E-state index contributed by atoms with van der Waals surface area (Å²) in [5, 5.41) is 29.6. The fraction of sp³-hybridized carbons (Fsp3) is 0.435. The van der Waals surface area contributed by atoms with E-state index in [4.69, 9.17) is 5.11 Å². The number of aliphatic carboxylic acids is 1. The van der Waals surface area contributed by atoms with Gasteiger partial charge in [-0.25, -0.2) is 4.98 Å². The first-order chi connectivity index (χ1) is 14.4. The van der Waals surface area contributed by atoms with Crippen LogP contribution >= 0.6 is 0 Å². The Labute approximate surface area is 175 Å². The molecular weight excluding hydrogens is 384 g/mol. The Bertz CT molecular complexity index is 962. The molecule has 1 saturated carbocycles. The molecule has 1 aliphatic rings. The molecule has 0 radical (unpaired) electrons. The first-order valence-corrected chi connectivity index (χ1v) is 10.2. The summed E-state index contributed by atoms with van der Waals surface area (Å²) >= 11 is 0. The van der Waals surface area contributed by atoms with Crippen LogP contribution < -0.4 is 0 Å². The van der Waals surface area contributed by atoms with Gasteiger partial charge in [0.15, 0.2) is 0 Å². The van der Waals surface area contributed by atoms with Crippen LogP contribution in [0.5, 0.6) is 0 Å². The minimum Gasteiger partial charge on any atom is -0.481 e. The zero-order valence-corrected chi connectivity index (χ0v) is 17.0. The second kappa shape index (κ2) is 9.82. The molecule has 4 atom stereocenters. The zero-order chi connectivity index (χ0) is 21.7. The molecular formula is C23H28N2O5. The molecule has 0 amide bonds. The molecule has 1 unspecified atom stereocenters. The summed E-state index contributed by atoms with van der Waals surface area (Å²) in [4.78, 5) is 27.3.